The SMILES string of the molecule is COP(=O)(OC)C(CCC(C)CC(C)=O)C(C)C. The van der Waals surface area contributed by atoms with Gasteiger partial charge in [0, 0.05) is 20.6 Å². The van der Waals surface area contributed by atoms with Gasteiger partial charge in [-0.25, -0.2) is 0 Å². The fourth-order valence-electron chi connectivity index (χ4n) is 2.25. The molecule has 5 heteroatoms. The number of carbonyl (C=O) groups excluding carboxylic acids is 1. The van der Waals surface area contributed by atoms with E-state index < -0.39 is 7.60 Å². The standard InChI is InChI=1S/C13H27O4P/c1-10(2)13(18(15,16-5)17-6)8-7-11(3)9-12(4)14/h10-11,13H,7-9H2,1-6H3. The van der Waals surface area contributed by atoms with Gasteiger partial charge in [-0.3, -0.25) is 4.57 Å². The van der Waals surface area contributed by atoms with Crippen molar-refractivity contribution in [3.8, 4) is 0 Å². The van der Waals surface area contributed by atoms with Crippen molar-refractivity contribution in [3.05, 3.63) is 0 Å². The fraction of sp³-hybridized carbons (Fsp3) is 0.923. The molecule has 0 fully saturated rings. The lowest BCUT2D eigenvalue weighted by Gasteiger charge is -2.28. The van der Waals surface area contributed by atoms with Gasteiger partial charge < -0.3 is 13.8 Å². The zero-order valence-corrected chi connectivity index (χ0v) is 13.3. The molecule has 2 unspecified atom stereocenters. The minimum absolute atomic E-state index is 0.109. The third-order valence-corrected chi connectivity index (χ3v) is 5.96. The van der Waals surface area contributed by atoms with E-state index in [0.717, 1.165) is 12.8 Å². The fourth-order valence-corrected chi connectivity index (χ4v) is 4.14. The number of Topliss-reactive ketones (excluding diaryl/α,β-unsaturated/α-hetero) is 1. The topological polar surface area (TPSA) is 52.6 Å². The number of hydrogen-bond acceptors (Lipinski definition) is 4. The van der Waals surface area contributed by atoms with Crippen molar-refractivity contribution < 1.29 is 18.4 Å². The maximum absolute atomic E-state index is 12.4. The van der Waals surface area contributed by atoms with Gasteiger partial charge in [0.1, 0.15) is 5.78 Å². The summed E-state index contributed by atoms with van der Waals surface area (Å²) in [6.45, 7) is 7.69. The summed E-state index contributed by atoms with van der Waals surface area (Å²) in [4.78, 5) is 11.0. The van der Waals surface area contributed by atoms with Gasteiger partial charge in [0.05, 0.1) is 5.66 Å². The average Bonchev–Trinajstić information content (AvgIpc) is 2.27. The Labute approximate surface area is 111 Å². The quantitative estimate of drug-likeness (QED) is 0.600. The molecule has 2 atom stereocenters. The summed E-state index contributed by atoms with van der Waals surface area (Å²) in [7, 11) is -0.164. The summed E-state index contributed by atoms with van der Waals surface area (Å²) in [5, 5.41) is 0. The van der Waals surface area contributed by atoms with Crippen molar-refractivity contribution in [1.29, 1.82) is 0 Å². The molecule has 0 aromatic carbocycles. The normalized spacial score (nSPS) is 15.7. The Morgan fingerprint density at radius 3 is 1.94 bits per heavy atom. The van der Waals surface area contributed by atoms with Gasteiger partial charge in [-0.2, -0.15) is 0 Å². The second kappa shape index (κ2) is 8.08. The molecule has 0 amide bonds. The lowest BCUT2D eigenvalue weighted by Crippen LogP contribution is -2.19. The predicted octanol–water partition coefficient (Wildman–Crippen LogP) is 3.89. The first kappa shape index (κ1) is 17.8. The van der Waals surface area contributed by atoms with E-state index in [2.05, 4.69) is 0 Å². The van der Waals surface area contributed by atoms with Gasteiger partial charge >= 0.3 is 7.60 Å². The van der Waals surface area contributed by atoms with E-state index in [4.69, 9.17) is 9.05 Å². The van der Waals surface area contributed by atoms with Crippen LogP contribution in [0.3, 0.4) is 0 Å². The molecule has 0 aliphatic heterocycles. The Bertz CT molecular complexity index is 293. The second-order valence-corrected chi connectivity index (χ2v) is 7.78. The first-order valence-corrected chi connectivity index (χ1v) is 8.08. The monoisotopic (exact) mass is 278 g/mol. The highest BCUT2D eigenvalue weighted by molar-refractivity contribution is 7.54. The maximum Gasteiger partial charge on any atom is 0.333 e. The van der Waals surface area contributed by atoms with Gasteiger partial charge in [-0.05, 0) is 31.6 Å². The molecule has 18 heavy (non-hydrogen) atoms. The predicted molar refractivity (Wildman–Crippen MR) is 73.9 cm³/mol. The molecule has 0 saturated heterocycles. The molecular formula is C13H27O4P. The van der Waals surface area contributed by atoms with Crippen molar-refractivity contribution in [2.45, 2.75) is 52.6 Å². The molecule has 0 radical (unpaired) electrons. The first-order chi connectivity index (χ1) is 8.26. The van der Waals surface area contributed by atoms with Crippen LogP contribution in [0, 0.1) is 11.8 Å². The molecule has 0 aromatic rings. The minimum atomic E-state index is -3.02. The van der Waals surface area contributed by atoms with Crippen LogP contribution in [0.1, 0.15) is 47.0 Å². The lowest BCUT2D eigenvalue weighted by atomic mass is 9.96. The molecule has 4 nitrogen and oxygen atoms in total. The van der Waals surface area contributed by atoms with Gasteiger partial charge in [0.2, 0.25) is 0 Å². The van der Waals surface area contributed by atoms with E-state index >= 15 is 0 Å². The second-order valence-electron chi connectivity index (χ2n) is 5.31. The lowest BCUT2D eigenvalue weighted by molar-refractivity contribution is -0.117. The van der Waals surface area contributed by atoms with Crippen LogP contribution in [0.2, 0.25) is 0 Å². The van der Waals surface area contributed by atoms with E-state index in [1.807, 2.05) is 20.8 Å². The largest absolute Gasteiger partial charge is 0.333 e. The van der Waals surface area contributed by atoms with Gasteiger partial charge in [0.25, 0.3) is 0 Å². The van der Waals surface area contributed by atoms with Crippen LogP contribution in [0.15, 0.2) is 0 Å². The highest BCUT2D eigenvalue weighted by atomic mass is 31.2. The van der Waals surface area contributed by atoms with E-state index in [1.54, 1.807) is 6.92 Å². The van der Waals surface area contributed by atoms with Crippen LogP contribution in [-0.4, -0.2) is 25.7 Å². The smallest absolute Gasteiger partial charge is 0.312 e. The minimum Gasteiger partial charge on any atom is -0.312 e. The zero-order chi connectivity index (χ0) is 14.3. The maximum atomic E-state index is 12.4. The highest BCUT2D eigenvalue weighted by Crippen LogP contribution is 2.56. The third kappa shape index (κ3) is 5.64. The molecule has 0 heterocycles. The molecule has 0 aliphatic carbocycles. The van der Waals surface area contributed by atoms with E-state index in [9.17, 15) is 9.36 Å². The summed E-state index contributed by atoms with van der Waals surface area (Å²) in [5.41, 5.74) is -0.109. The molecule has 0 aliphatic rings. The van der Waals surface area contributed by atoms with Crippen LogP contribution in [0.5, 0.6) is 0 Å². The number of carbonyl (C=O) groups is 1. The number of hydrogen-bond donors (Lipinski definition) is 0. The Morgan fingerprint density at radius 2 is 1.61 bits per heavy atom. The third-order valence-electron chi connectivity index (χ3n) is 3.28. The van der Waals surface area contributed by atoms with E-state index in [-0.39, 0.29) is 17.4 Å². The summed E-state index contributed by atoms with van der Waals surface area (Å²) in [5.74, 6) is 0.733. The van der Waals surface area contributed by atoms with Gasteiger partial charge in [0.15, 0.2) is 0 Å². The van der Waals surface area contributed by atoms with Crippen molar-refractivity contribution >= 4 is 13.4 Å². The molecule has 0 aromatic heterocycles. The zero-order valence-electron chi connectivity index (χ0n) is 12.4. The summed E-state index contributed by atoms with van der Waals surface area (Å²) >= 11 is 0. The van der Waals surface area contributed by atoms with Crippen LogP contribution in [0.25, 0.3) is 0 Å². The highest BCUT2D eigenvalue weighted by Gasteiger charge is 2.36. The first-order valence-electron chi connectivity index (χ1n) is 6.47. The molecular weight excluding hydrogens is 251 g/mol. The van der Waals surface area contributed by atoms with Gasteiger partial charge in [-0.15, -0.1) is 0 Å². The van der Waals surface area contributed by atoms with Crippen LogP contribution < -0.4 is 0 Å². The van der Waals surface area contributed by atoms with Crippen LogP contribution in [-0.2, 0) is 18.4 Å². The molecule has 0 rings (SSSR count). The van der Waals surface area contributed by atoms with Crippen LogP contribution >= 0.6 is 7.60 Å². The van der Waals surface area contributed by atoms with E-state index in [0.29, 0.717) is 12.3 Å². The van der Waals surface area contributed by atoms with Gasteiger partial charge in [-0.1, -0.05) is 20.8 Å². The summed E-state index contributed by atoms with van der Waals surface area (Å²) < 4.78 is 22.6. The molecule has 0 N–H and O–H groups in total. The Morgan fingerprint density at radius 1 is 1.11 bits per heavy atom. The van der Waals surface area contributed by atoms with Crippen molar-refractivity contribution in [1.82, 2.24) is 0 Å². The number of ketones is 1. The van der Waals surface area contributed by atoms with Crippen LogP contribution in [0.4, 0.5) is 0 Å². The van der Waals surface area contributed by atoms with Crippen molar-refractivity contribution in [2.24, 2.45) is 11.8 Å². The Kier molecular flexibility index (Phi) is 8.00. The molecule has 108 valence electrons. The van der Waals surface area contributed by atoms with Crippen molar-refractivity contribution in [3.63, 3.8) is 0 Å². The molecule has 0 spiro atoms. The summed E-state index contributed by atoms with van der Waals surface area (Å²) in [6, 6.07) is 0. The Hall–Kier alpha value is -0.180. The van der Waals surface area contributed by atoms with E-state index in [1.165, 1.54) is 14.2 Å². The number of rotatable bonds is 9. The Balaban J connectivity index is 4.56. The van der Waals surface area contributed by atoms with Crippen molar-refractivity contribution in [2.75, 3.05) is 14.2 Å². The summed E-state index contributed by atoms with van der Waals surface area (Å²) in [6.07, 6.45) is 2.19. The molecule has 0 bridgehead atoms. The molecule has 0 saturated carbocycles. The average molecular weight is 278 g/mol.